The Morgan fingerprint density at radius 3 is 2.90 bits per heavy atom. The summed E-state index contributed by atoms with van der Waals surface area (Å²) in [6.45, 7) is 2.31. The van der Waals surface area contributed by atoms with Gasteiger partial charge in [-0.2, -0.15) is 0 Å². The van der Waals surface area contributed by atoms with Crippen molar-refractivity contribution in [2.24, 2.45) is 5.73 Å². The molecule has 0 radical (unpaired) electrons. The Labute approximate surface area is 119 Å². The van der Waals surface area contributed by atoms with E-state index in [1.807, 2.05) is 12.4 Å². The molecule has 4 heteroatoms. The van der Waals surface area contributed by atoms with Crippen molar-refractivity contribution in [2.75, 3.05) is 0 Å². The molecule has 0 saturated heterocycles. The molecule has 0 amide bonds. The van der Waals surface area contributed by atoms with Gasteiger partial charge in [0.2, 0.25) is 0 Å². The third kappa shape index (κ3) is 1.71. The number of pyridine rings is 1. The van der Waals surface area contributed by atoms with Crippen LogP contribution in [0.5, 0.6) is 0 Å². The van der Waals surface area contributed by atoms with Crippen LogP contribution in [-0.2, 0) is 5.41 Å². The molecule has 0 spiro atoms. The molecule has 2 fully saturated rings. The van der Waals surface area contributed by atoms with Crippen LogP contribution in [0.2, 0.25) is 0 Å². The Hall–Kier alpha value is -1.42. The molecular formula is C16H22N4. The molecule has 2 aliphatic rings. The SMILES string of the molecule is CC1(c2nc3cnccc3n2C2CC2)CCCCC1N. The van der Waals surface area contributed by atoms with Gasteiger partial charge in [-0.25, -0.2) is 4.98 Å². The van der Waals surface area contributed by atoms with Crippen molar-refractivity contribution in [1.29, 1.82) is 0 Å². The van der Waals surface area contributed by atoms with Gasteiger partial charge in [0.25, 0.3) is 0 Å². The number of hydrogen-bond donors (Lipinski definition) is 1. The summed E-state index contributed by atoms with van der Waals surface area (Å²) in [5, 5.41) is 0. The molecule has 106 valence electrons. The van der Waals surface area contributed by atoms with Crippen molar-refractivity contribution in [3.8, 4) is 0 Å². The zero-order valence-electron chi connectivity index (χ0n) is 12.0. The third-order valence-electron chi connectivity index (χ3n) is 5.19. The average molecular weight is 270 g/mol. The van der Waals surface area contributed by atoms with Gasteiger partial charge < -0.3 is 10.3 Å². The van der Waals surface area contributed by atoms with Gasteiger partial charge in [0.05, 0.1) is 11.7 Å². The largest absolute Gasteiger partial charge is 0.327 e. The van der Waals surface area contributed by atoms with E-state index in [1.54, 1.807) is 0 Å². The van der Waals surface area contributed by atoms with E-state index in [1.165, 1.54) is 37.0 Å². The lowest BCUT2D eigenvalue weighted by atomic mass is 9.71. The Bertz CT molecular complexity index is 643. The highest BCUT2D eigenvalue weighted by Crippen LogP contribution is 2.45. The van der Waals surface area contributed by atoms with Crippen molar-refractivity contribution in [2.45, 2.75) is 62.9 Å². The van der Waals surface area contributed by atoms with Crippen LogP contribution in [-0.4, -0.2) is 20.6 Å². The Morgan fingerprint density at radius 1 is 1.30 bits per heavy atom. The van der Waals surface area contributed by atoms with Crippen LogP contribution >= 0.6 is 0 Å². The van der Waals surface area contributed by atoms with Crippen molar-refractivity contribution < 1.29 is 0 Å². The van der Waals surface area contributed by atoms with E-state index >= 15 is 0 Å². The quantitative estimate of drug-likeness (QED) is 0.912. The summed E-state index contributed by atoms with van der Waals surface area (Å²) in [6.07, 6.45) is 11.1. The van der Waals surface area contributed by atoms with E-state index in [0.717, 1.165) is 18.4 Å². The lowest BCUT2D eigenvalue weighted by molar-refractivity contribution is 0.252. The van der Waals surface area contributed by atoms with Gasteiger partial charge in [0.1, 0.15) is 11.3 Å². The molecular weight excluding hydrogens is 248 g/mol. The second-order valence-electron chi connectivity index (χ2n) is 6.67. The van der Waals surface area contributed by atoms with Crippen molar-refractivity contribution >= 4 is 11.0 Å². The van der Waals surface area contributed by atoms with E-state index in [2.05, 4.69) is 22.5 Å². The Morgan fingerprint density at radius 2 is 2.15 bits per heavy atom. The molecule has 0 bridgehead atoms. The average Bonchev–Trinajstić information content (AvgIpc) is 3.22. The topological polar surface area (TPSA) is 56.7 Å². The van der Waals surface area contributed by atoms with Gasteiger partial charge in [-0.05, 0) is 31.7 Å². The molecule has 20 heavy (non-hydrogen) atoms. The maximum atomic E-state index is 6.49. The minimum Gasteiger partial charge on any atom is -0.327 e. The molecule has 2 atom stereocenters. The number of rotatable bonds is 2. The molecule has 2 heterocycles. The second-order valence-corrected chi connectivity index (χ2v) is 6.67. The first-order valence-corrected chi connectivity index (χ1v) is 7.78. The highest BCUT2D eigenvalue weighted by atomic mass is 15.2. The summed E-state index contributed by atoms with van der Waals surface area (Å²) >= 11 is 0. The smallest absolute Gasteiger partial charge is 0.117 e. The first-order valence-electron chi connectivity index (χ1n) is 7.78. The standard InChI is InChI=1S/C16H22N4/c1-16(8-3-2-4-14(16)17)15-19-12-10-18-9-7-13(12)20(15)11-5-6-11/h7,9-11,14H,2-6,8,17H2,1H3. The zero-order valence-corrected chi connectivity index (χ0v) is 12.0. The van der Waals surface area contributed by atoms with Crippen LogP contribution in [0.4, 0.5) is 0 Å². The van der Waals surface area contributed by atoms with Gasteiger partial charge in [-0.3, -0.25) is 4.98 Å². The van der Waals surface area contributed by atoms with E-state index in [9.17, 15) is 0 Å². The van der Waals surface area contributed by atoms with E-state index < -0.39 is 0 Å². The van der Waals surface area contributed by atoms with Gasteiger partial charge in [-0.15, -0.1) is 0 Å². The summed E-state index contributed by atoms with van der Waals surface area (Å²) in [5.74, 6) is 1.20. The fraction of sp³-hybridized carbons (Fsp3) is 0.625. The minimum atomic E-state index is 0.0137. The predicted molar refractivity (Wildman–Crippen MR) is 79.6 cm³/mol. The zero-order chi connectivity index (χ0) is 13.7. The molecule has 2 saturated carbocycles. The fourth-order valence-corrected chi connectivity index (χ4v) is 3.69. The molecule has 2 aromatic rings. The number of nitrogens with zero attached hydrogens (tertiary/aromatic N) is 3. The van der Waals surface area contributed by atoms with Gasteiger partial charge in [0, 0.05) is 23.7 Å². The number of fused-ring (bicyclic) bond motifs is 1. The van der Waals surface area contributed by atoms with Crippen LogP contribution in [0, 0.1) is 0 Å². The van der Waals surface area contributed by atoms with Gasteiger partial charge >= 0.3 is 0 Å². The Kier molecular flexibility index (Phi) is 2.64. The van der Waals surface area contributed by atoms with E-state index in [0.29, 0.717) is 6.04 Å². The molecule has 4 nitrogen and oxygen atoms in total. The third-order valence-corrected chi connectivity index (χ3v) is 5.19. The molecule has 2 aliphatic carbocycles. The number of imidazole rings is 1. The van der Waals surface area contributed by atoms with Gasteiger partial charge in [-0.1, -0.05) is 19.8 Å². The summed E-state index contributed by atoms with van der Waals surface area (Å²) in [6, 6.07) is 2.95. The predicted octanol–water partition coefficient (Wildman–Crippen LogP) is 2.93. The van der Waals surface area contributed by atoms with Crippen LogP contribution in [0.15, 0.2) is 18.5 Å². The molecule has 0 aromatic carbocycles. The van der Waals surface area contributed by atoms with E-state index in [4.69, 9.17) is 10.7 Å². The van der Waals surface area contributed by atoms with Crippen LogP contribution in [0.3, 0.4) is 0 Å². The maximum Gasteiger partial charge on any atom is 0.117 e. The second kappa shape index (κ2) is 4.29. The monoisotopic (exact) mass is 270 g/mol. The number of nitrogens with two attached hydrogens (primary N) is 1. The first kappa shape index (κ1) is 12.3. The normalized spacial score (nSPS) is 30.8. The highest BCUT2D eigenvalue weighted by Gasteiger charge is 2.42. The maximum absolute atomic E-state index is 6.49. The molecule has 2 unspecified atom stereocenters. The number of aromatic nitrogens is 3. The first-order chi connectivity index (χ1) is 9.70. The molecule has 2 N–H and O–H groups in total. The van der Waals surface area contributed by atoms with Crippen molar-refractivity contribution in [1.82, 2.24) is 14.5 Å². The lowest BCUT2D eigenvalue weighted by Gasteiger charge is -2.39. The summed E-state index contributed by atoms with van der Waals surface area (Å²) in [7, 11) is 0. The van der Waals surface area contributed by atoms with Crippen molar-refractivity contribution in [3.63, 3.8) is 0 Å². The summed E-state index contributed by atoms with van der Waals surface area (Å²) < 4.78 is 2.46. The Balaban J connectivity index is 1.92. The van der Waals surface area contributed by atoms with Crippen LogP contribution < -0.4 is 5.73 Å². The van der Waals surface area contributed by atoms with Gasteiger partial charge in [0.15, 0.2) is 0 Å². The summed E-state index contributed by atoms with van der Waals surface area (Å²) in [5.41, 5.74) is 8.76. The minimum absolute atomic E-state index is 0.0137. The number of hydrogen-bond acceptors (Lipinski definition) is 3. The molecule has 4 rings (SSSR count). The molecule has 0 aliphatic heterocycles. The van der Waals surface area contributed by atoms with Crippen LogP contribution in [0.1, 0.15) is 57.3 Å². The molecule has 2 aromatic heterocycles. The van der Waals surface area contributed by atoms with E-state index in [-0.39, 0.29) is 11.5 Å². The van der Waals surface area contributed by atoms with Crippen molar-refractivity contribution in [3.05, 3.63) is 24.3 Å². The van der Waals surface area contributed by atoms with Crippen LogP contribution in [0.25, 0.3) is 11.0 Å². The fourth-order valence-electron chi connectivity index (χ4n) is 3.69. The lowest BCUT2D eigenvalue weighted by Crippen LogP contribution is -2.47. The highest BCUT2D eigenvalue weighted by molar-refractivity contribution is 5.75. The summed E-state index contributed by atoms with van der Waals surface area (Å²) in [4.78, 5) is 9.17.